The van der Waals surface area contributed by atoms with Crippen molar-refractivity contribution in [3.63, 3.8) is 0 Å². The fraction of sp³-hybridized carbons (Fsp3) is 0.160. The van der Waals surface area contributed by atoms with Crippen molar-refractivity contribution < 1.29 is 19.3 Å². The number of carbonyl (C=O) groups excluding carboxylic acids is 3. The van der Waals surface area contributed by atoms with E-state index in [9.17, 15) is 24.5 Å². The summed E-state index contributed by atoms with van der Waals surface area (Å²) in [5.41, 5.74) is 1.44. The molecule has 4 rings (SSSR count). The van der Waals surface area contributed by atoms with Crippen molar-refractivity contribution in [1.29, 1.82) is 0 Å². The van der Waals surface area contributed by atoms with E-state index >= 15 is 0 Å². The van der Waals surface area contributed by atoms with Gasteiger partial charge in [0.05, 0.1) is 17.0 Å². The van der Waals surface area contributed by atoms with Gasteiger partial charge in [0.2, 0.25) is 5.91 Å². The summed E-state index contributed by atoms with van der Waals surface area (Å²) in [6.07, 6.45) is -0.238. The maximum Gasteiger partial charge on any atom is 0.288 e. The van der Waals surface area contributed by atoms with Crippen LogP contribution < -0.4 is 4.90 Å². The maximum absolute atomic E-state index is 13.6. The smallest absolute Gasteiger partial charge is 0.288 e. The summed E-state index contributed by atoms with van der Waals surface area (Å²) in [7, 11) is 0. The third-order valence-corrected chi connectivity index (χ3v) is 6.43. The Morgan fingerprint density at radius 1 is 1.06 bits per heavy atom. The molecule has 0 N–H and O–H groups in total. The molecule has 0 radical (unpaired) electrons. The highest BCUT2D eigenvalue weighted by molar-refractivity contribution is 6.33. The molecule has 1 aliphatic heterocycles. The van der Waals surface area contributed by atoms with Crippen LogP contribution in [0.25, 0.3) is 0 Å². The summed E-state index contributed by atoms with van der Waals surface area (Å²) in [6.45, 7) is 1.80. The van der Waals surface area contributed by atoms with Crippen LogP contribution in [-0.2, 0) is 16.1 Å². The molecule has 0 saturated carbocycles. The second-order valence-electron chi connectivity index (χ2n) is 8.07. The Bertz CT molecular complexity index is 1340. The first-order valence-electron chi connectivity index (χ1n) is 10.6. The lowest BCUT2D eigenvalue weighted by atomic mass is 10.1. The Labute approximate surface area is 210 Å². The van der Waals surface area contributed by atoms with Gasteiger partial charge in [0.25, 0.3) is 17.5 Å². The molecule has 10 heteroatoms. The normalized spacial score (nSPS) is 15.4. The monoisotopic (exact) mass is 511 g/mol. The van der Waals surface area contributed by atoms with Gasteiger partial charge in [0.15, 0.2) is 0 Å². The zero-order valence-corrected chi connectivity index (χ0v) is 20.0. The second-order valence-corrected chi connectivity index (χ2v) is 8.89. The zero-order chi connectivity index (χ0) is 25.3. The fourth-order valence-electron chi connectivity index (χ4n) is 3.91. The molecule has 35 heavy (non-hydrogen) atoms. The Kier molecular flexibility index (Phi) is 6.86. The lowest BCUT2D eigenvalue weighted by Gasteiger charge is -2.28. The highest BCUT2D eigenvalue weighted by Gasteiger charge is 2.44. The van der Waals surface area contributed by atoms with Crippen LogP contribution in [0.3, 0.4) is 0 Å². The molecule has 1 unspecified atom stereocenters. The number of halogens is 2. The number of amides is 3. The molecule has 1 fully saturated rings. The van der Waals surface area contributed by atoms with Gasteiger partial charge in [-0.05, 0) is 42.8 Å². The molecule has 0 aliphatic carbocycles. The maximum atomic E-state index is 13.6. The molecular formula is C25H19Cl2N3O5. The van der Waals surface area contributed by atoms with E-state index in [1.807, 2.05) is 6.92 Å². The molecule has 178 valence electrons. The number of aryl methyl sites for hydroxylation is 1. The first-order chi connectivity index (χ1) is 16.7. The minimum atomic E-state index is -1.12. The van der Waals surface area contributed by atoms with Crippen LogP contribution in [0.4, 0.5) is 11.4 Å². The predicted octanol–water partition coefficient (Wildman–Crippen LogP) is 5.18. The van der Waals surface area contributed by atoms with E-state index in [2.05, 4.69) is 0 Å². The average molecular weight is 512 g/mol. The van der Waals surface area contributed by atoms with Crippen molar-refractivity contribution in [2.45, 2.75) is 25.9 Å². The van der Waals surface area contributed by atoms with Crippen LogP contribution in [-0.4, -0.2) is 33.6 Å². The minimum Gasteiger partial charge on any atom is -0.322 e. The number of hydrogen-bond acceptors (Lipinski definition) is 5. The number of imide groups is 1. The van der Waals surface area contributed by atoms with Crippen molar-refractivity contribution >= 4 is 52.3 Å². The lowest BCUT2D eigenvalue weighted by molar-refractivity contribution is -0.384. The summed E-state index contributed by atoms with van der Waals surface area (Å²) < 4.78 is 0. The largest absolute Gasteiger partial charge is 0.322 e. The molecule has 0 spiro atoms. The van der Waals surface area contributed by atoms with Crippen LogP contribution in [0.1, 0.15) is 27.9 Å². The molecule has 3 amide bonds. The zero-order valence-electron chi connectivity index (χ0n) is 18.5. The molecule has 3 aromatic rings. The van der Waals surface area contributed by atoms with E-state index < -0.39 is 34.4 Å². The number of anilines is 1. The van der Waals surface area contributed by atoms with E-state index in [0.717, 1.165) is 16.5 Å². The summed E-state index contributed by atoms with van der Waals surface area (Å²) in [5, 5.41) is 11.6. The van der Waals surface area contributed by atoms with Gasteiger partial charge in [-0.25, -0.2) is 4.90 Å². The standard InChI is InChI=1S/C25H19Cl2N3O5/c1-15-6-9-18(10-7-15)29-23(31)13-22(25(29)33)28(14-17-4-2-3-5-19(17)26)24(32)16-8-11-20(27)21(12-16)30(34)35/h2-12,22H,13-14H2,1H3. The molecule has 0 aromatic heterocycles. The Hall–Kier alpha value is -3.75. The number of carbonyl (C=O) groups is 3. The van der Waals surface area contributed by atoms with Gasteiger partial charge in [-0.2, -0.15) is 0 Å². The van der Waals surface area contributed by atoms with Gasteiger partial charge >= 0.3 is 0 Å². The van der Waals surface area contributed by atoms with Gasteiger partial charge in [-0.15, -0.1) is 0 Å². The average Bonchev–Trinajstić information content (AvgIpc) is 3.12. The Morgan fingerprint density at radius 2 is 1.74 bits per heavy atom. The van der Waals surface area contributed by atoms with Gasteiger partial charge in [0.1, 0.15) is 11.1 Å². The molecule has 8 nitrogen and oxygen atoms in total. The molecule has 1 saturated heterocycles. The molecule has 1 heterocycles. The van der Waals surface area contributed by atoms with Gasteiger partial charge in [-0.3, -0.25) is 24.5 Å². The van der Waals surface area contributed by atoms with Gasteiger partial charge < -0.3 is 4.90 Å². The minimum absolute atomic E-state index is 0.0396. The van der Waals surface area contributed by atoms with Crippen LogP contribution in [0.5, 0.6) is 0 Å². The van der Waals surface area contributed by atoms with Crippen molar-refractivity contribution in [1.82, 2.24) is 4.90 Å². The van der Waals surface area contributed by atoms with Crippen molar-refractivity contribution in [2.24, 2.45) is 0 Å². The fourth-order valence-corrected chi connectivity index (χ4v) is 4.29. The van der Waals surface area contributed by atoms with Crippen molar-refractivity contribution in [2.75, 3.05) is 4.90 Å². The molecule has 0 bridgehead atoms. The van der Waals surface area contributed by atoms with Crippen molar-refractivity contribution in [3.8, 4) is 0 Å². The number of nitro benzene ring substituents is 1. The number of nitro groups is 1. The van der Waals surface area contributed by atoms with E-state index in [4.69, 9.17) is 23.2 Å². The Morgan fingerprint density at radius 3 is 2.40 bits per heavy atom. The summed E-state index contributed by atoms with van der Waals surface area (Å²) in [4.78, 5) is 52.9. The quantitative estimate of drug-likeness (QED) is 0.257. The number of hydrogen-bond donors (Lipinski definition) is 0. The summed E-state index contributed by atoms with van der Waals surface area (Å²) in [5.74, 6) is -1.69. The first-order valence-corrected chi connectivity index (χ1v) is 11.3. The number of benzene rings is 3. The van der Waals surface area contributed by atoms with Crippen LogP contribution in [0.2, 0.25) is 10.0 Å². The van der Waals surface area contributed by atoms with Gasteiger partial charge in [-0.1, -0.05) is 59.1 Å². The van der Waals surface area contributed by atoms with E-state index in [1.54, 1.807) is 48.5 Å². The van der Waals surface area contributed by atoms with Crippen molar-refractivity contribution in [3.05, 3.63) is 104 Å². The molecule has 1 aliphatic rings. The SMILES string of the molecule is Cc1ccc(N2C(=O)CC(N(Cc3ccccc3Cl)C(=O)c3ccc(Cl)c([N+](=O)[O-])c3)C2=O)cc1. The topological polar surface area (TPSA) is 101 Å². The highest BCUT2D eigenvalue weighted by Crippen LogP contribution is 2.31. The van der Waals surface area contributed by atoms with Gasteiger partial charge in [0, 0.05) is 23.2 Å². The third-order valence-electron chi connectivity index (χ3n) is 5.74. The van der Waals surface area contributed by atoms with E-state index in [1.165, 1.54) is 17.0 Å². The third kappa shape index (κ3) is 4.89. The first kappa shape index (κ1) is 24.4. The number of nitrogens with zero attached hydrogens (tertiary/aromatic N) is 3. The molecule has 3 aromatic carbocycles. The van der Waals surface area contributed by atoms with Crippen LogP contribution in [0.15, 0.2) is 66.7 Å². The second kappa shape index (κ2) is 9.85. The Balaban J connectivity index is 1.74. The van der Waals surface area contributed by atoms with Crippen LogP contribution in [0, 0.1) is 17.0 Å². The lowest BCUT2D eigenvalue weighted by Crippen LogP contribution is -2.45. The summed E-state index contributed by atoms with van der Waals surface area (Å²) >= 11 is 12.2. The van der Waals surface area contributed by atoms with Crippen LogP contribution >= 0.6 is 23.2 Å². The van der Waals surface area contributed by atoms with E-state index in [-0.39, 0.29) is 23.6 Å². The molecule has 1 atom stereocenters. The van der Waals surface area contributed by atoms with E-state index in [0.29, 0.717) is 16.3 Å². The molecular weight excluding hydrogens is 493 g/mol. The highest BCUT2D eigenvalue weighted by atomic mass is 35.5. The summed E-state index contributed by atoms with van der Waals surface area (Å²) in [6, 6.07) is 16.2. The predicted molar refractivity (Wildman–Crippen MR) is 132 cm³/mol. The number of rotatable bonds is 6.